The summed E-state index contributed by atoms with van der Waals surface area (Å²) < 4.78 is 43.6. The monoisotopic (exact) mass is 259 g/mol. The van der Waals surface area contributed by atoms with Crippen molar-refractivity contribution >= 4 is 5.69 Å². The zero-order valence-electron chi connectivity index (χ0n) is 9.14. The summed E-state index contributed by atoms with van der Waals surface area (Å²) in [5, 5.41) is 10.4. The SMILES string of the molecule is Cn1nnnc1Oc1ccc(C(F)(F)F)cc1N. The Labute approximate surface area is 99.2 Å². The predicted octanol–water partition coefficient (Wildman–Crippen LogP) is 1.60. The number of halogens is 3. The van der Waals surface area contributed by atoms with Crippen LogP contribution >= 0.6 is 0 Å². The second-order valence-electron chi connectivity index (χ2n) is 3.44. The van der Waals surface area contributed by atoms with Crippen LogP contribution in [0.15, 0.2) is 18.2 Å². The molecule has 0 saturated carbocycles. The maximum absolute atomic E-state index is 12.4. The Kier molecular flexibility index (Phi) is 2.81. The molecule has 1 heterocycles. The number of hydrogen-bond acceptors (Lipinski definition) is 5. The molecule has 0 radical (unpaired) electrons. The van der Waals surface area contributed by atoms with Crippen LogP contribution in [0.1, 0.15) is 5.56 Å². The Hall–Kier alpha value is -2.32. The molecular formula is C9H8F3N5O. The third-order valence-corrected chi connectivity index (χ3v) is 2.12. The fraction of sp³-hybridized carbons (Fsp3) is 0.222. The van der Waals surface area contributed by atoms with E-state index in [4.69, 9.17) is 10.5 Å². The van der Waals surface area contributed by atoms with Crippen molar-refractivity contribution in [1.82, 2.24) is 20.2 Å². The molecule has 0 amide bonds. The fourth-order valence-corrected chi connectivity index (χ4v) is 1.22. The maximum Gasteiger partial charge on any atom is 0.416 e. The molecule has 0 aliphatic rings. The molecule has 0 aliphatic heterocycles. The lowest BCUT2D eigenvalue weighted by Gasteiger charge is -2.10. The number of alkyl halides is 3. The number of nitrogens with two attached hydrogens (primary N) is 1. The summed E-state index contributed by atoms with van der Waals surface area (Å²) in [6, 6.07) is 2.81. The molecule has 18 heavy (non-hydrogen) atoms. The molecule has 0 bridgehead atoms. The van der Waals surface area contributed by atoms with Gasteiger partial charge in [-0.2, -0.15) is 17.9 Å². The Morgan fingerprint density at radius 3 is 2.56 bits per heavy atom. The number of ether oxygens (including phenoxy) is 1. The molecular weight excluding hydrogens is 251 g/mol. The molecule has 2 N–H and O–H groups in total. The number of aryl methyl sites for hydroxylation is 1. The number of anilines is 1. The van der Waals surface area contributed by atoms with Gasteiger partial charge in [0.25, 0.3) is 0 Å². The summed E-state index contributed by atoms with van der Waals surface area (Å²) in [7, 11) is 1.52. The van der Waals surface area contributed by atoms with Gasteiger partial charge in [0.05, 0.1) is 11.3 Å². The minimum Gasteiger partial charge on any atom is -0.421 e. The third kappa shape index (κ3) is 2.34. The molecule has 0 aliphatic carbocycles. The normalized spacial score (nSPS) is 11.6. The first kappa shape index (κ1) is 12.1. The lowest BCUT2D eigenvalue weighted by atomic mass is 10.2. The van der Waals surface area contributed by atoms with Crippen LogP contribution in [0.2, 0.25) is 0 Å². The van der Waals surface area contributed by atoms with E-state index < -0.39 is 11.7 Å². The topological polar surface area (TPSA) is 78.8 Å². The molecule has 0 unspecified atom stereocenters. The number of hydrogen-bond donors (Lipinski definition) is 1. The first-order valence-corrected chi connectivity index (χ1v) is 4.75. The van der Waals surface area contributed by atoms with Crippen LogP contribution in [0.25, 0.3) is 0 Å². The Bertz CT molecular complexity index is 566. The predicted molar refractivity (Wildman–Crippen MR) is 54.7 cm³/mol. The van der Waals surface area contributed by atoms with E-state index >= 15 is 0 Å². The number of nitrogens with zero attached hydrogens (tertiary/aromatic N) is 4. The minimum atomic E-state index is -4.45. The average Bonchev–Trinajstić information content (AvgIpc) is 2.66. The largest absolute Gasteiger partial charge is 0.421 e. The lowest BCUT2D eigenvalue weighted by molar-refractivity contribution is -0.137. The van der Waals surface area contributed by atoms with Gasteiger partial charge in [0, 0.05) is 7.05 Å². The van der Waals surface area contributed by atoms with E-state index in [2.05, 4.69) is 15.5 Å². The molecule has 6 nitrogen and oxygen atoms in total. The van der Waals surface area contributed by atoms with Gasteiger partial charge in [0.15, 0.2) is 5.75 Å². The van der Waals surface area contributed by atoms with Gasteiger partial charge in [-0.05, 0) is 28.6 Å². The van der Waals surface area contributed by atoms with Gasteiger partial charge < -0.3 is 10.5 Å². The van der Waals surface area contributed by atoms with E-state index in [0.29, 0.717) is 0 Å². The fourth-order valence-electron chi connectivity index (χ4n) is 1.22. The van der Waals surface area contributed by atoms with Crippen LogP contribution in [0.3, 0.4) is 0 Å². The summed E-state index contributed by atoms with van der Waals surface area (Å²) in [5.74, 6) is 0.0564. The molecule has 0 saturated heterocycles. The molecule has 1 aromatic carbocycles. The summed E-state index contributed by atoms with van der Waals surface area (Å²) >= 11 is 0. The van der Waals surface area contributed by atoms with Gasteiger partial charge >= 0.3 is 12.2 Å². The lowest BCUT2D eigenvalue weighted by Crippen LogP contribution is -2.06. The Balaban J connectivity index is 2.29. The van der Waals surface area contributed by atoms with Crippen molar-refractivity contribution in [3.8, 4) is 11.8 Å². The highest BCUT2D eigenvalue weighted by atomic mass is 19.4. The van der Waals surface area contributed by atoms with Gasteiger partial charge in [-0.25, -0.2) is 0 Å². The Morgan fingerprint density at radius 1 is 1.33 bits per heavy atom. The van der Waals surface area contributed by atoms with Gasteiger partial charge in [-0.3, -0.25) is 0 Å². The van der Waals surface area contributed by atoms with E-state index in [9.17, 15) is 13.2 Å². The number of rotatable bonds is 2. The van der Waals surface area contributed by atoms with Crippen molar-refractivity contribution < 1.29 is 17.9 Å². The highest BCUT2D eigenvalue weighted by molar-refractivity contribution is 5.55. The quantitative estimate of drug-likeness (QED) is 0.829. The maximum atomic E-state index is 12.4. The van der Waals surface area contributed by atoms with Crippen molar-refractivity contribution in [1.29, 1.82) is 0 Å². The molecule has 96 valence electrons. The minimum absolute atomic E-state index is 0.0291. The van der Waals surface area contributed by atoms with Crippen molar-refractivity contribution in [3.63, 3.8) is 0 Å². The second kappa shape index (κ2) is 4.17. The number of tetrazole rings is 1. The van der Waals surface area contributed by atoms with Crippen molar-refractivity contribution in [2.24, 2.45) is 7.05 Å². The van der Waals surface area contributed by atoms with E-state index in [1.807, 2.05) is 0 Å². The molecule has 9 heteroatoms. The summed E-state index contributed by atoms with van der Waals surface area (Å²) in [5.41, 5.74) is 4.49. The highest BCUT2D eigenvalue weighted by Crippen LogP contribution is 2.34. The van der Waals surface area contributed by atoms with Crippen LogP contribution in [-0.2, 0) is 13.2 Å². The first-order chi connectivity index (χ1) is 8.38. The van der Waals surface area contributed by atoms with E-state index in [1.54, 1.807) is 0 Å². The summed E-state index contributed by atoms with van der Waals surface area (Å²) in [6.45, 7) is 0. The zero-order chi connectivity index (χ0) is 13.3. The van der Waals surface area contributed by atoms with Gasteiger partial charge in [-0.1, -0.05) is 5.10 Å². The number of benzene rings is 1. The van der Waals surface area contributed by atoms with Crippen LogP contribution in [-0.4, -0.2) is 20.2 Å². The van der Waals surface area contributed by atoms with Crippen molar-refractivity contribution in [2.75, 3.05) is 5.73 Å². The van der Waals surface area contributed by atoms with Crippen molar-refractivity contribution in [3.05, 3.63) is 23.8 Å². The molecule has 0 atom stereocenters. The molecule has 2 aromatic rings. The van der Waals surface area contributed by atoms with Crippen LogP contribution in [0.5, 0.6) is 11.8 Å². The first-order valence-electron chi connectivity index (χ1n) is 4.75. The van der Waals surface area contributed by atoms with Gasteiger partial charge in [-0.15, -0.1) is 0 Å². The van der Waals surface area contributed by atoms with Crippen LogP contribution < -0.4 is 10.5 Å². The molecule has 0 fully saturated rings. The third-order valence-electron chi connectivity index (χ3n) is 2.12. The average molecular weight is 259 g/mol. The second-order valence-corrected chi connectivity index (χ2v) is 3.44. The smallest absolute Gasteiger partial charge is 0.416 e. The molecule has 2 rings (SSSR count). The van der Waals surface area contributed by atoms with Gasteiger partial charge in [0.1, 0.15) is 0 Å². The number of nitrogen functional groups attached to an aromatic ring is 1. The standard InChI is InChI=1S/C9H8F3N5O/c1-17-8(14-15-16-17)18-7-3-2-5(4-6(7)13)9(10,11)12/h2-4H,13H2,1H3. The van der Waals surface area contributed by atoms with Crippen LogP contribution in [0, 0.1) is 0 Å². The summed E-state index contributed by atoms with van der Waals surface area (Å²) in [4.78, 5) is 0. The van der Waals surface area contributed by atoms with Crippen molar-refractivity contribution in [2.45, 2.75) is 6.18 Å². The summed E-state index contributed by atoms with van der Waals surface area (Å²) in [6.07, 6.45) is -4.45. The van der Waals surface area contributed by atoms with E-state index in [1.165, 1.54) is 11.7 Å². The highest BCUT2D eigenvalue weighted by Gasteiger charge is 2.31. The molecule has 1 aromatic heterocycles. The van der Waals surface area contributed by atoms with E-state index in [0.717, 1.165) is 18.2 Å². The van der Waals surface area contributed by atoms with Crippen LogP contribution in [0.4, 0.5) is 18.9 Å². The Morgan fingerprint density at radius 2 is 2.06 bits per heavy atom. The van der Waals surface area contributed by atoms with Gasteiger partial charge in [0.2, 0.25) is 0 Å². The molecule has 0 spiro atoms. The van der Waals surface area contributed by atoms with E-state index in [-0.39, 0.29) is 17.4 Å². The zero-order valence-corrected chi connectivity index (χ0v) is 9.14. The number of aromatic nitrogens is 4.